The smallest absolute Gasteiger partial charge is 0.261 e. The van der Waals surface area contributed by atoms with Gasteiger partial charge < -0.3 is 4.90 Å². The average Bonchev–Trinajstić information content (AvgIpc) is 2.55. The van der Waals surface area contributed by atoms with Gasteiger partial charge in [0.15, 0.2) is 0 Å². The fourth-order valence-electron chi connectivity index (χ4n) is 2.61. The van der Waals surface area contributed by atoms with Crippen molar-refractivity contribution in [2.24, 2.45) is 0 Å². The van der Waals surface area contributed by atoms with Crippen LogP contribution in [-0.2, 0) is 10.0 Å². The summed E-state index contributed by atoms with van der Waals surface area (Å²) >= 11 is 0. The van der Waals surface area contributed by atoms with Crippen LogP contribution in [0.25, 0.3) is 0 Å². The van der Waals surface area contributed by atoms with E-state index in [1.54, 1.807) is 30.3 Å². The summed E-state index contributed by atoms with van der Waals surface area (Å²) in [4.78, 5) is 2.56. The molecular weight excluding hydrogens is 320 g/mol. The van der Waals surface area contributed by atoms with Crippen molar-refractivity contribution in [1.82, 2.24) is 0 Å². The number of benzene rings is 2. The first-order valence-corrected chi connectivity index (χ1v) is 9.89. The number of nitrogens with zero attached hydrogens (tertiary/aromatic N) is 1. The molecule has 0 fully saturated rings. The molecule has 0 saturated heterocycles. The topological polar surface area (TPSA) is 49.4 Å². The van der Waals surface area contributed by atoms with Crippen LogP contribution in [0.2, 0.25) is 0 Å². The van der Waals surface area contributed by atoms with E-state index in [1.165, 1.54) is 0 Å². The van der Waals surface area contributed by atoms with Crippen molar-refractivity contribution in [3.8, 4) is 0 Å². The lowest BCUT2D eigenvalue weighted by Crippen LogP contribution is -2.25. The van der Waals surface area contributed by atoms with Crippen LogP contribution in [0.15, 0.2) is 53.4 Å². The van der Waals surface area contributed by atoms with Gasteiger partial charge in [0.25, 0.3) is 10.0 Å². The molecule has 0 unspecified atom stereocenters. The van der Waals surface area contributed by atoms with Crippen molar-refractivity contribution < 1.29 is 8.42 Å². The Morgan fingerprint density at radius 2 is 1.58 bits per heavy atom. The maximum absolute atomic E-state index is 12.5. The SMILES string of the molecule is CCCN(CCC)c1cccc(NS(=O)(=O)c2ccc(C)cc2)c1. The lowest BCUT2D eigenvalue weighted by atomic mass is 10.2. The highest BCUT2D eigenvalue weighted by Crippen LogP contribution is 2.23. The number of rotatable bonds is 8. The number of hydrogen-bond acceptors (Lipinski definition) is 3. The second kappa shape index (κ2) is 8.20. The van der Waals surface area contributed by atoms with E-state index in [1.807, 2.05) is 25.1 Å². The van der Waals surface area contributed by atoms with Crippen LogP contribution in [0, 0.1) is 6.92 Å². The first kappa shape index (κ1) is 18.3. The zero-order valence-corrected chi connectivity index (χ0v) is 15.4. The van der Waals surface area contributed by atoms with Gasteiger partial charge in [-0.05, 0) is 50.1 Å². The van der Waals surface area contributed by atoms with Gasteiger partial charge in [0.1, 0.15) is 0 Å². The molecule has 0 aliphatic rings. The summed E-state index contributed by atoms with van der Waals surface area (Å²) in [7, 11) is -3.57. The van der Waals surface area contributed by atoms with Crippen LogP contribution in [0.3, 0.4) is 0 Å². The van der Waals surface area contributed by atoms with Crippen LogP contribution >= 0.6 is 0 Å². The zero-order chi connectivity index (χ0) is 17.6. The Balaban J connectivity index is 2.23. The molecule has 2 aromatic rings. The van der Waals surface area contributed by atoms with E-state index in [9.17, 15) is 8.42 Å². The molecule has 0 saturated carbocycles. The van der Waals surface area contributed by atoms with E-state index in [0.717, 1.165) is 37.2 Å². The van der Waals surface area contributed by atoms with Crippen LogP contribution in [0.5, 0.6) is 0 Å². The predicted molar refractivity (Wildman–Crippen MR) is 101 cm³/mol. The molecule has 4 nitrogen and oxygen atoms in total. The highest BCUT2D eigenvalue weighted by Gasteiger charge is 2.14. The van der Waals surface area contributed by atoms with Gasteiger partial charge in [0.05, 0.1) is 10.6 Å². The lowest BCUT2D eigenvalue weighted by Gasteiger charge is -2.24. The van der Waals surface area contributed by atoms with Crippen LogP contribution in [-0.4, -0.2) is 21.5 Å². The molecule has 0 heterocycles. The van der Waals surface area contributed by atoms with Gasteiger partial charge in [0, 0.05) is 18.8 Å². The summed E-state index contributed by atoms with van der Waals surface area (Å²) in [5.74, 6) is 0. The van der Waals surface area contributed by atoms with E-state index in [0.29, 0.717) is 5.69 Å². The zero-order valence-electron chi connectivity index (χ0n) is 14.6. The van der Waals surface area contributed by atoms with E-state index < -0.39 is 10.0 Å². The Labute approximate surface area is 145 Å². The maximum Gasteiger partial charge on any atom is 0.261 e. The quantitative estimate of drug-likeness (QED) is 0.769. The highest BCUT2D eigenvalue weighted by atomic mass is 32.2. The van der Waals surface area contributed by atoms with Gasteiger partial charge in [-0.15, -0.1) is 0 Å². The van der Waals surface area contributed by atoms with Gasteiger partial charge in [0.2, 0.25) is 0 Å². The molecule has 0 aliphatic heterocycles. The van der Waals surface area contributed by atoms with Gasteiger partial charge >= 0.3 is 0 Å². The standard InChI is InChI=1S/C19H26N2O2S/c1-4-13-21(14-5-2)18-8-6-7-17(15-18)20-24(22,23)19-11-9-16(3)10-12-19/h6-12,15,20H,4-5,13-14H2,1-3H3. The Morgan fingerprint density at radius 3 is 2.17 bits per heavy atom. The number of anilines is 2. The number of sulfonamides is 1. The van der Waals surface area contributed by atoms with Crippen LogP contribution < -0.4 is 9.62 Å². The van der Waals surface area contributed by atoms with E-state index in [4.69, 9.17) is 0 Å². The van der Waals surface area contributed by atoms with Gasteiger partial charge in [-0.25, -0.2) is 8.42 Å². The van der Waals surface area contributed by atoms with Crippen LogP contribution in [0.4, 0.5) is 11.4 Å². The molecule has 130 valence electrons. The molecule has 0 aliphatic carbocycles. The first-order valence-electron chi connectivity index (χ1n) is 8.40. The minimum atomic E-state index is -3.57. The minimum Gasteiger partial charge on any atom is -0.371 e. The number of hydrogen-bond donors (Lipinski definition) is 1. The molecule has 2 aromatic carbocycles. The number of aryl methyl sites for hydroxylation is 1. The van der Waals surface area contributed by atoms with Crippen LogP contribution in [0.1, 0.15) is 32.3 Å². The molecule has 5 heteroatoms. The molecule has 0 atom stereocenters. The van der Waals surface area contributed by atoms with Crippen molar-refractivity contribution >= 4 is 21.4 Å². The average molecular weight is 346 g/mol. The van der Waals surface area contributed by atoms with Crippen molar-refractivity contribution in [3.05, 3.63) is 54.1 Å². The predicted octanol–water partition coefficient (Wildman–Crippen LogP) is 4.42. The Hall–Kier alpha value is -2.01. The van der Waals surface area contributed by atoms with Crippen molar-refractivity contribution in [3.63, 3.8) is 0 Å². The first-order chi connectivity index (χ1) is 11.5. The molecule has 24 heavy (non-hydrogen) atoms. The molecule has 1 N–H and O–H groups in total. The monoisotopic (exact) mass is 346 g/mol. The molecule has 0 spiro atoms. The second-order valence-corrected chi connectivity index (χ2v) is 7.64. The summed E-state index contributed by atoms with van der Waals surface area (Å²) in [6.07, 6.45) is 2.11. The summed E-state index contributed by atoms with van der Waals surface area (Å²) < 4.78 is 27.7. The fourth-order valence-corrected chi connectivity index (χ4v) is 3.66. The van der Waals surface area contributed by atoms with Crippen molar-refractivity contribution in [2.75, 3.05) is 22.7 Å². The summed E-state index contributed by atoms with van der Waals surface area (Å²) in [6.45, 7) is 8.15. The molecule has 0 amide bonds. The molecule has 0 radical (unpaired) electrons. The van der Waals surface area contributed by atoms with Gasteiger partial charge in [-0.2, -0.15) is 0 Å². The molecule has 0 aromatic heterocycles. The second-order valence-electron chi connectivity index (χ2n) is 5.96. The summed E-state index contributed by atoms with van der Waals surface area (Å²) in [5, 5.41) is 0. The minimum absolute atomic E-state index is 0.275. The molecule has 0 bridgehead atoms. The summed E-state index contributed by atoms with van der Waals surface area (Å²) in [6, 6.07) is 14.5. The molecule has 2 rings (SSSR count). The third-order valence-electron chi connectivity index (χ3n) is 3.78. The number of nitrogens with one attached hydrogen (secondary N) is 1. The third-order valence-corrected chi connectivity index (χ3v) is 5.18. The Morgan fingerprint density at radius 1 is 0.958 bits per heavy atom. The lowest BCUT2D eigenvalue weighted by molar-refractivity contribution is 0.601. The Kier molecular flexibility index (Phi) is 6.26. The molecular formula is C19H26N2O2S. The Bertz CT molecular complexity index is 749. The normalized spacial score (nSPS) is 11.3. The van der Waals surface area contributed by atoms with E-state index >= 15 is 0 Å². The van der Waals surface area contributed by atoms with E-state index in [2.05, 4.69) is 23.5 Å². The highest BCUT2D eigenvalue weighted by molar-refractivity contribution is 7.92. The fraction of sp³-hybridized carbons (Fsp3) is 0.368. The van der Waals surface area contributed by atoms with Gasteiger partial charge in [-0.3, -0.25) is 4.72 Å². The van der Waals surface area contributed by atoms with E-state index in [-0.39, 0.29) is 4.90 Å². The van der Waals surface area contributed by atoms with Crippen molar-refractivity contribution in [2.45, 2.75) is 38.5 Å². The van der Waals surface area contributed by atoms with Crippen molar-refractivity contribution in [1.29, 1.82) is 0 Å². The summed E-state index contributed by atoms with van der Waals surface area (Å²) in [5.41, 5.74) is 2.67. The maximum atomic E-state index is 12.5. The third kappa shape index (κ3) is 4.74. The van der Waals surface area contributed by atoms with Gasteiger partial charge in [-0.1, -0.05) is 37.6 Å². The largest absolute Gasteiger partial charge is 0.371 e.